The zero-order valence-electron chi connectivity index (χ0n) is 6.95. The van der Waals surface area contributed by atoms with E-state index in [9.17, 15) is 9.46 Å². The number of allylic oxidation sites excluding steroid dienone is 2. The van der Waals surface area contributed by atoms with Crippen molar-refractivity contribution in [2.45, 2.75) is 19.8 Å². The van der Waals surface area contributed by atoms with Gasteiger partial charge in [-0.3, -0.25) is 0 Å². The Morgan fingerprint density at radius 3 is 2.73 bits per heavy atom. The molecule has 0 saturated heterocycles. The molecule has 66 valence electrons. The van der Waals surface area contributed by atoms with Gasteiger partial charge >= 0.3 is 0 Å². The summed E-state index contributed by atoms with van der Waals surface area (Å²) >= 11 is 0. The SMILES string of the molecule is C/C=C/CCCOP(C)(=O)[O-]. The molecule has 0 aliphatic heterocycles. The van der Waals surface area contributed by atoms with Crippen LogP contribution in [0.2, 0.25) is 0 Å². The summed E-state index contributed by atoms with van der Waals surface area (Å²) in [6.45, 7) is 3.31. The monoisotopic (exact) mass is 177 g/mol. The summed E-state index contributed by atoms with van der Waals surface area (Å²) in [5, 5.41) is 0. The molecule has 0 fully saturated rings. The third-order valence-corrected chi connectivity index (χ3v) is 1.73. The number of rotatable bonds is 5. The summed E-state index contributed by atoms with van der Waals surface area (Å²) < 4.78 is 15.0. The molecule has 4 heteroatoms. The minimum atomic E-state index is -3.49. The fourth-order valence-corrected chi connectivity index (χ4v) is 1.06. The number of hydrogen-bond donors (Lipinski definition) is 0. The maximum Gasteiger partial charge on any atom is 0.131 e. The maximum atomic E-state index is 10.5. The Morgan fingerprint density at radius 1 is 1.64 bits per heavy atom. The molecule has 11 heavy (non-hydrogen) atoms. The predicted octanol–water partition coefficient (Wildman–Crippen LogP) is 1.54. The van der Waals surface area contributed by atoms with E-state index in [2.05, 4.69) is 4.52 Å². The molecular weight excluding hydrogens is 163 g/mol. The van der Waals surface area contributed by atoms with Gasteiger partial charge in [-0.05, 0) is 19.8 Å². The quantitative estimate of drug-likeness (QED) is 0.363. The third-order valence-electron chi connectivity index (χ3n) is 1.08. The molecule has 0 bridgehead atoms. The van der Waals surface area contributed by atoms with Crippen LogP contribution in [0.25, 0.3) is 0 Å². The van der Waals surface area contributed by atoms with Crippen molar-refractivity contribution in [1.82, 2.24) is 0 Å². The second-order valence-electron chi connectivity index (χ2n) is 2.32. The van der Waals surface area contributed by atoms with Crippen LogP contribution in [-0.2, 0) is 9.09 Å². The van der Waals surface area contributed by atoms with Gasteiger partial charge < -0.3 is 14.0 Å². The molecule has 0 N–H and O–H groups in total. The highest BCUT2D eigenvalue weighted by Gasteiger charge is 1.96. The zero-order chi connectivity index (χ0) is 8.74. The van der Waals surface area contributed by atoms with Crippen molar-refractivity contribution in [1.29, 1.82) is 0 Å². The average molecular weight is 177 g/mol. The highest BCUT2D eigenvalue weighted by atomic mass is 31.2. The molecule has 0 aromatic heterocycles. The van der Waals surface area contributed by atoms with E-state index in [4.69, 9.17) is 0 Å². The summed E-state index contributed by atoms with van der Waals surface area (Å²) in [6, 6.07) is 0. The first-order chi connectivity index (χ1) is 5.06. The van der Waals surface area contributed by atoms with Crippen molar-refractivity contribution in [2.24, 2.45) is 0 Å². The standard InChI is InChI=1S/C7H15O3P/c1-3-4-5-6-7-10-11(2,8)9/h3-4H,5-7H2,1-2H3,(H,8,9)/p-1/b4-3+. The maximum absolute atomic E-state index is 10.5. The van der Waals surface area contributed by atoms with Crippen LogP contribution >= 0.6 is 7.60 Å². The van der Waals surface area contributed by atoms with Crippen molar-refractivity contribution >= 4 is 7.60 Å². The van der Waals surface area contributed by atoms with Gasteiger partial charge in [0, 0.05) is 6.66 Å². The van der Waals surface area contributed by atoms with E-state index >= 15 is 0 Å². The molecule has 0 rings (SSSR count). The summed E-state index contributed by atoms with van der Waals surface area (Å²) in [6.07, 6.45) is 5.54. The molecule has 0 spiro atoms. The van der Waals surface area contributed by atoms with Crippen LogP contribution < -0.4 is 4.89 Å². The molecule has 0 aromatic carbocycles. The molecule has 0 aromatic rings. The Morgan fingerprint density at radius 2 is 2.27 bits per heavy atom. The smallest absolute Gasteiger partial charge is 0.131 e. The van der Waals surface area contributed by atoms with Crippen LogP contribution in [-0.4, -0.2) is 13.3 Å². The lowest BCUT2D eigenvalue weighted by Crippen LogP contribution is -2.03. The molecule has 0 amide bonds. The van der Waals surface area contributed by atoms with E-state index in [1.54, 1.807) is 0 Å². The Labute approximate surface area is 67.6 Å². The van der Waals surface area contributed by atoms with Gasteiger partial charge in [0.1, 0.15) is 7.60 Å². The molecule has 1 atom stereocenters. The van der Waals surface area contributed by atoms with Gasteiger partial charge in [-0.2, -0.15) is 0 Å². The van der Waals surface area contributed by atoms with Crippen molar-refractivity contribution in [3.63, 3.8) is 0 Å². The summed E-state index contributed by atoms with van der Waals surface area (Å²) in [7, 11) is -3.49. The molecule has 3 nitrogen and oxygen atoms in total. The molecule has 0 radical (unpaired) electrons. The largest absolute Gasteiger partial charge is 0.779 e. The fourth-order valence-electron chi connectivity index (χ4n) is 0.598. The number of hydrogen-bond acceptors (Lipinski definition) is 3. The normalized spacial score (nSPS) is 17.0. The van der Waals surface area contributed by atoms with Gasteiger partial charge in [-0.1, -0.05) is 12.2 Å². The Bertz CT molecular complexity index is 159. The van der Waals surface area contributed by atoms with E-state index in [1.807, 2.05) is 19.1 Å². The van der Waals surface area contributed by atoms with Gasteiger partial charge in [0.15, 0.2) is 0 Å². The third kappa shape index (κ3) is 9.89. The summed E-state index contributed by atoms with van der Waals surface area (Å²) in [5.74, 6) is 0. The second kappa shape index (κ2) is 5.53. The van der Waals surface area contributed by atoms with Crippen LogP contribution in [0.1, 0.15) is 19.8 Å². The topological polar surface area (TPSA) is 49.4 Å². The molecule has 0 saturated carbocycles. The van der Waals surface area contributed by atoms with Crippen molar-refractivity contribution in [3.8, 4) is 0 Å². The van der Waals surface area contributed by atoms with Crippen LogP contribution in [0.4, 0.5) is 0 Å². The van der Waals surface area contributed by atoms with E-state index in [0.717, 1.165) is 19.5 Å². The molecule has 0 aliphatic carbocycles. The van der Waals surface area contributed by atoms with E-state index in [0.29, 0.717) is 6.61 Å². The first-order valence-corrected chi connectivity index (χ1v) is 5.59. The molecule has 0 heterocycles. The van der Waals surface area contributed by atoms with E-state index < -0.39 is 7.60 Å². The molecular formula is C7H14O3P-. The van der Waals surface area contributed by atoms with Crippen LogP contribution in [0.5, 0.6) is 0 Å². The van der Waals surface area contributed by atoms with Crippen molar-refractivity contribution in [3.05, 3.63) is 12.2 Å². The lowest BCUT2D eigenvalue weighted by atomic mass is 10.3. The predicted molar refractivity (Wildman–Crippen MR) is 43.5 cm³/mol. The average Bonchev–Trinajstić information content (AvgIpc) is 1.85. The van der Waals surface area contributed by atoms with E-state index in [1.165, 1.54) is 0 Å². The second-order valence-corrected chi connectivity index (χ2v) is 4.12. The van der Waals surface area contributed by atoms with Crippen LogP contribution in [0.15, 0.2) is 12.2 Å². The van der Waals surface area contributed by atoms with Gasteiger partial charge in [0.05, 0.1) is 6.61 Å². The lowest BCUT2D eigenvalue weighted by Gasteiger charge is -2.16. The summed E-state index contributed by atoms with van der Waals surface area (Å²) in [4.78, 5) is 10.5. The highest BCUT2D eigenvalue weighted by molar-refractivity contribution is 7.50. The van der Waals surface area contributed by atoms with Crippen LogP contribution in [0, 0.1) is 0 Å². The highest BCUT2D eigenvalue weighted by Crippen LogP contribution is 2.30. The van der Waals surface area contributed by atoms with Gasteiger partial charge in [0.2, 0.25) is 0 Å². The Hall–Kier alpha value is -0.110. The lowest BCUT2D eigenvalue weighted by molar-refractivity contribution is -0.196. The molecule has 1 unspecified atom stereocenters. The zero-order valence-corrected chi connectivity index (χ0v) is 7.84. The van der Waals surface area contributed by atoms with Gasteiger partial charge in [0.25, 0.3) is 0 Å². The first-order valence-electron chi connectivity index (χ1n) is 3.60. The number of unbranched alkanes of at least 4 members (excludes halogenated alkanes) is 1. The fraction of sp³-hybridized carbons (Fsp3) is 0.714. The minimum absolute atomic E-state index is 0.293. The van der Waals surface area contributed by atoms with Crippen molar-refractivity contribution < 1.29 is 14.0 Å². The minimum Gasteiger partial charge on any atom is -0.779 e. The molecule has 0 aliphatic rings. The van der Waals surface area contributed by atoms with Crippen LogP contribution in [0.3, 0.4) is 0 Å². The first kappa shape index (κ1) is 10.9. The Kier molecular flexibility index (Phi) is 5.47. The van der Waals surface area contributed by atoms with Crippen molar-refractivity contribution in [2.75, 3.05) is 13.3 Å². The van der Waals surface area contributed by atoms with Gasteiger partial charge in [-0.25, -0.2) is 0 Å². The van der Waals surface area contributed by atoms with E-state index in [-0.39, 0.29) is 0 Å². The summed E-state index contributed by atoms with van der Waals surface area (Å²) in [5.41, 5.74) is 0. The van der Waals surface area contributed by atoms with Gasteiger partial charge in [-0.15, -0.1) is 0 Å². The Balaban J connectivity index is 3.22.